The lowest BCUT2D eigenvalue weighted by Crippen LogP contribution is -2.17. The van der Waals surface area contributed by atoms with Crippen LogP contribution in [0.2, 0.25) is 0 Å². The van der Waals surface area contributed by atoms with Crippen molar-refractivity contribution in [3.63, 3.8) is 0 Å². The lowest BCUT2D eigenvalue weighted by molar-refractivity contribution is 0.0512. The Morgan fingerprint density at radius 3 is 2.58 bits per heavy atom. The molecule has 0 saturated heterocycles. The van der Waals surface area contributed by atoms with Crippen molar-refractivity contribution >= 4 is 39.2 Å². The number of alkyl halides is 1. The number of aromatic nitrogens is 3. The molecule has 0 saturated carbocycles. The molecular formula is C34H39ClN4O4. The molecule has 3 aromatic carbocycles. The third-order valence-electron chi connectivity index (χ3n) is 7.83. The molecule has 43 heavy (non-hydrogen) atoms. The first-order valence-electron chi connectivity index (χ1n) is 14.8. The molecule has 0 unspecified atom stereocenters. The number of fused-ring (bicyclic) bond motifs is 2. The topological polar surface area (TPSA) is 90.5 Å². The minimum absolute atomic E-state index is 0.222. The number of hydrogen-bond acceptors (Lipinski definition) is 6. The van der Waals surface area contributed by atoms with Gasteiger partial charge in [-0.25, -0.2) is 4.79 Å². The number of ether oxygens (including phenoxy) is 2. The SMILES string of the molecule is CCOC(=O)c1c(CCCOc2cccc3ccccc23)c2cccc(-c3c(CO)nn(C)c3CCl)c2n1CCCNC. The van der Waals surface area contributed by atoms with Crippen LogP contribution in [0.4, 0.5) is 0 Å². The first kappa shape index (κ1) is 30.6. The number of carbonyl (C=O) groups excluding carboxylic acids is 1. The van der Waals surface area contributed by atoms with Crippen molar-refractivity contribution in [2.45, 2.75) is 45.2 Å². The van der Waals surface area contributed by atoms with Crippen LogP contribution < -0.4 is 10.1 Å². The molecule has 0 fully saturated rings. The molecule has 0 spiro atoms. The summed E-state index contributed by atoms with van der Waals surface area (Å²) < 4.78 is 15.7. The number of aliphatic hydroxyl groups excluding tert-OH is 1. The Bertz CT molecular complexity index is 1720. The molecule has 8 nitrogen and oxygen atoms in total. The van der Waals surface area contributed by atoms with Gasteiger partial charge in [0.25, 0.3) is 0 Å². The Hall–Kier alpha value is -3.85. The molecule has 2 aromatic heterocycles. The van der Waals surface area contributed by atoms with E-state index in [2.05, 4.69) is 39.2 Å². The van der Waals surface area contributed by atoms with Crippen molar-refractivity contribution in [3.05, 3.63) is 83.3 Å². The molecule has 0 atom stereocenters. The summed E-state index contributed by atoms with van der Waals surface area (Å²) in [6.45, 7) is 3.78. The van der Waals surface area contributed by atoms with Crippen LogP contribution in [0, 0.1) is 0 Å². The van der Waals surface area contributed by atoms with Crippen LogP contribution in [-0.4, -0.2) is 52.2 Å². The normalized spacial score (nSPS) is 11.5. The molecular weight excluding hydrogens is 564 g/mol. The maximum absolute atomic E-state index is 13.6. The maximum atomic E-state index is 13.6. The highest BCUT2D eigenvalue weighted by molar-refractivity contribution is 6.17. The summed E-state index contributed by atoms with van der Waals surface area (Å²) in [5.41, 5.74) is 5.47. The van der Waals surface area contributed by atoms with E-state index >= 15 is 0 Å². The second kappa shape index (κ2) is 14.1. The number of aliphatic hydroxyl groups is 1. The van der Waals surface area contributed by atoms with E-state index in [1.165, 1.54) is 0 Å². The molecule has 9 heteroatoms. The lowest BCUT2D eigenvalue weighted by atomic mass is 9.98. The number of aryl methyl sites for hydroxylation is 3. The smallest absolute Gasteiger partial charge is 0.355 e. The fourth-order valence-electron chi connectivity index (χ4n) is 5.95. The van der Waals surface area contributed by atoms with Crippen molar-refractivity contribution in [2.75, 3.05) is 26.8 Å². The number of nitrogens with zero attached hydrogens (tertiary/aromatic N) is 3. The highest BCUT2D eigenvalue weighted by Crippen LogP contribution is 2.39. The van der Waals surface area contributed by atoms with Gasteiger partial charge < -0.3 is 24.5 Å². The van der Waals surface area contributed by atoms with Gasteiger partial charge in [0.15, 0.2) is 0 Å². The summed E-state index contributed by atoms with van der Waals surface area (Å²) in [6, 6.07) is 20.3. The summed E-state index contributed by atoms with van der Waals surface area (Å²) in [4.78, 5) is 13.6. The highest BCUT2D eigenvalue weighted by Gasteiger charge is 2.27. The minimum Gasteiger partial charge on any atom is -0.493 e. The average Bonchev–Trinajstić information content (AvgIpc) is 3.53. The molecule has 2 N–H and O–H groups in total. The molecule has 226 valence electrons. The number of para-hydroxylation sites is 1. The van der Waals surface area contributed by atoms with E-state index in [1.807, 2.05) is 57.4 Å². The van der Waals surface area contributed by atoms with E-state index in [0.717, 1.165) is 62.8 Å². The largest absolute Gasteiger partial charge is 0.493 e. The highest BCUT2D eigenvalue weighted by atomic mass is 35.5. The van der Waals surface area contributed by atoms with Crippen molar-refractivity contribution < 1.29 is 19.4 Å². The average molecular weight is 603 g/mol. The maximum Gasteiger partial charge on any atom is 0.355 e. The fourth-order valence-corrected chi connectivity index (χ4v) is 6.26. The predicted molar refractivity (Wildman–Crippen MR) is 172 cm³/mol. The number of hydrogen-bond donors (Lipinski definition) is 2. The molecule has 0 bridgehead atoms. The summed E-state index contributed by atoms with van der Waals surface area (Å²) in [7, 11) is 3.75. The van der Waals surface area contributed by atoms with E-state index in [0.29, 0.717) is 37.4 Å². The van der Waals surface area contributed by atoms with Gasteiger partial charge in [0, 0.05) is 35.5 Å². The van der Waals surface area contributed by atoms with Gasteiger partial charge in [0.2, 0.25) is 0 Å². The van der Waals surface area contributed by atoms with Gasteiger partial charge in [0.1, 0.15) is 11.4 Å². The molecule has 0 aliphatic rings. The molecule has 0 aliphatic carbocycles. The fraction of sp³-hybridized carbons (Fsp3) is 0.353. The summed E-state index contributed by atoms with van der Waals surface area (Å²) in [6.07, 6.45) is 2.14. The Morgan fingerprint density at radius 1 is 1.05 bits per heavy atom. The third kappa shape index (κ3) is 6.13. The molecule has 5 rings (SSSR count). The van der Waals surface area contributed by atoms with Crippen LogP contribution in [0.3, 0.4) is 0 Å². The van der Waals surface area contributed by atoms with Crippen LogP contribution in [-0.2, 0) is 37.2 Å². The monoisotopic (exact) mass is 602 g/mol. The number of carbonyl (C=O) groups is 1. The van der Waals surface area contributed by atoms with Gasteiger partial charge in [-0.15, -0.1) is 11.6 Å². The van der Waals surface area contributed by atoms with E-state index in [-0.39, 0.29) is 25.1 Å². The van der Waals surface area contributed by atoms with E-state index in [9.17, 15) is 9.90 Å². The van der Waals surface area contributed by atoms with Gasteiger partial charge in [-0.05, 0) is 56.8 Å². The zero-order valence-corrected chi connectivity index (χ0v) is 25.8. The second-order valence-corrected chi connectivity index (χ2v) is 10.7. The molecule has 5 aromatic rings. The molecule has 0 radical (unpaired) electrons. The Kier molecular flexibility index (Phi) is 10.0. The van der Waals surface area contributed by atoms with Gasteiger partial charge in [-0.3, -0.25) is 4.68 Å². The summed E-state index contributed by atoms with van der Waals surface area (Å²) in [5, 5.41) is 21.2. The van der Waals surface area contributed by atoms with Crippen LogP contribution in [0.5, 0.6) is 5.75 Å². The van der Waals surface area contributed by atoms with Gasteiger partial charge in [-0.1, -0.05) is 54.6 Å². The Labute approximate surface area is 257 Å². The van der Waals surface area contributed by atoms with E-state index in [1.54, 1.807) is 4.68 Å². The first-order chi connectivity index (χ1) is 21.0. The van der Waals surface area contributed by atoms with Gasteiger partial charge in [-0.2, -0.15) is 5.10 Å². The Balaban J connectivity index is 1.59. The summed E-state index contributed by atoms with van der Waals surface area (Å²) in [5.74, 6) is 0.742. The van der Waals surface area contributed by atoms with Crippen molar-refractivity contribution in [2.24, 2.45) is 7.05 Å². The standard InChI is InChI=1S/C34H39ClN4O4/c1-4-42-34(41)33-26(16-9-20-43-30-17-7-12-23-11-5-6-13-24(23)30)25-14-8-15-27(32(25)39(33)19-10-18-36-2)31-28(22-40)37-38(3)29(31)21-35/h5-8,11-15,17,36,40H,4,9-10,16,18-22H2,1-3H3. The zero-order valence-electron chi connectivity index (χ0n) is 25.0. The number of rotatable bonds is 14. The number of halogens is 1. The second-order valence-electron chi connectivity index (χ2n) is 10.5. The lowest BCUT2D eigenvalue weighted by Gasteiger charge is -2.14. The minimum atomic E-state index is -0.342. The van der Waals surface area contributed by atoms with Crippen LogP contribution in [0.25, 0.3) is 32.8 Å². The van der Waals surface area contributed by atoms with Gasteiger partial charge in [0.05, 0.1) is 42.6 Å². The van der Waals surface area contributed by atoms with Crippen molar-refractivity contribution in [3.8, 4) is 16.9 Å². The summed E-state index contributed by atoms with van der Waals surface area (Å²) >= 11 is 6.40. The van der Waals surface area contributed by atoms with Crippen molar-refractivity contribution in [1.82, 2.24) is 19.7 Å². The van der Waals surface area contributed by atoms with E-state index in [4.69, 9.17) is 21.1 Å². The van der Waals surface area contributed by atoms with Crippen LogP contribution >= 0.6 is 11.6 Å². The molecule has 2 heterocycles. The predicted octanol–water partition coefficient (Wildman–Crippen LogP) is 6.22. The molecule has 0 aliphatic heterocycles. The van der Waals surface area contributed by atoms with Crippen LogP contribution in [0.15, 0.2) is 60.7 Å². The number of esters is 1. The first-order valence-corrected chi connectivity index (χ1v) is 15.4. The van der Waals surface area contributed by atoms with Gasteiger partial charge >= 0.3 is 5.97 Å². The number of nitrogens with one attached hydrogen (secondary N) is 1. The Morgan fingerprint density at radius 2 is 1.81 bits per heavy atom. The third-order valence-corrected chi connectivity index (χ3v) is 8.08. The van der Waals surface area contributed by atoms with Crippen molar-refractivity contribution in [1.29, 1.82) is 0 Å². The number of benzene rings is 3. The molecule has 0 amide bonds. The van der Waals surface area contributed by atoms with Crippen LogP contribution in [0.1, 0.15) is 47.2 Å². The quantitative estimate of drug-likeness (QED) is 0.0890. The zero-order chi connectivity index (χ0) is 30.3. The van der Waals surface area contributed by atoms with E-state index < -0.39 is 0 Å².